The van der Waals surface area contributed by atoms with Crippen molar-refractivity contribution < 1.29 is 4.79 Å². The van der Waals surface area contributed by atoms with Gasteiger partial charge in [0.05, 0.1) is 0 Å². The zero-order valence-corrected chi connectivity index (χ0v) is 12.7. The van der Waals surface area contributed by atoms with Gasteiger partial charge in [-0.3, -0.25) is 4.79 Å². The summed E-state index contributed by atoms with van der Waals surface area (Å²) in [7, 11) is 0. The Hall–Kier alpha value is -0.780. The van der Waals surface area contributed by atoms with E-state index in [1.807, 2.05) is 18.0 Å². The second kappa shape index (κ2) is 8.40. The van der Waals surface area contributed by atoms with Crippen molar-refractivity contribution in [1.82, 2.24) is 14.9 Å². The van der Waals surface area contributed by atoms with E-state index in [-0.39, 0.29) is 36.8 Å². The van der Waals surface area contributed by atoms with Gasteiger partial charge >= 0.3 is 0 Å². The number of H-pyrrole nitrogens is 1. The van der Waals surface area contributed by atoms with Gasteiger partial charge in [0.15, 0.2) is 0 Å². The fourth-order valence-corrected chi connectivity index (χ4v) is 2.33. The van der Waals surface area contributed by atoms with E-state index in [1.54, 1.807) is 6.20 Å². The van der Waals surface area contributed by atoms with E-state index in [1.165, 1.54) is 0 Å². The van der Waals surface area contributed by atoms with Gasteiger partial charge < -0.3 is 15.6 Å². The molecule has 0 spiro atoms. The lowest BCUT2D eigenvalue weighted by molar-refractivity contribution is -0.132. The van der Waals surface area contributed by atoms with Crippen LogP contribution in [0.3, 0.4) is 0 Å². The summed E-state index contributed by atoms with van der Waals surface area (Å²) in [6.07, 6.45) is 6.16. The first-order valence-electron chi connectivity index (χ1n) is 6.19. The van der Waals surface area contributed by atoms with Gasteiger partial charge in [-0.25, -0.2) is 4.98 Å². The molecular weight excluding hydrogens is 287 g/mol. The number of hydrogen-bond acceptors (Lipinski definition) is 3. The molecule has 1 aliphatic rings. The van der Waals surface area contributed by atoms with E-state index >= 15 is 0 Å². The summed E-state index contributed by atoms with van der Waals surface area (Å²) in [5, 5.41) is 0. The molecule has 2 heterocycles. The van der Waals surface area contributed by atoms with E-state index < -0.39 is 0 Å². The molecule has 19 heavy (non-hydrogen) atoms. The van der Waals surface area contributed by atoms with Crippen LogP contribution in [0.5, 0.6) is 0 Å². The first kappa shape index (κ1) is 18.2. The highest BCUT2D eigenvalue weighted by molar-refractivity contribution is 5.85. The van der Waals surface area contributed by atoms with Gasteiger partial charge in [-0.05, 0) is 19.8 Å². The standard InChI is InChI=1S/C12H20N4O.2ClH/c1-9(13)7-11(17)16-6-2-3-10(8-16)12-14-4-5-15-12;;/h4-5,9-10H,2-3,6-8,13H2,1H3,(H,14,15);2*1H. The number of imidazole rings is 1. The van der Waals surface area contributed by atoms with E-state index in [0.29, 0.717) is 12.3 Å². The van der Waals surface area contributed by atoms with Crippen molar-refractivity contribution in [3.05, 3.63) is 18.2 Å². The largest absolute Gasteiger partial charge is 0.348 e. The van der Waals surface area contributed by atoms with Gasteiger partial charge in [-0.1, -0.05) is 0 Å². The van der Waals surface area contributed by atoms with Crippen molar-refractivity contribution in [2.75, 3.05) is 13.1 Å². The third kappa shape index (κ3) is 5.01. The van der Waals surface area contributed by atoms with Gasteiger partial charge in [0.1, 0.15) is 5.82 Å². The Balaban J connectivity index is 0.00000162. The van der Waals surface area contributed by atoms with Gasteiger partial charge in [-0.2, -0.15) is 0 Å². The lowest BCUT2D eigenvalue weighted by Crippen LogP contribution is -2.41. The number of likely N-dealkylation sites (tertiary alicyclic amines) is 1. The molecule has 1 aromatic heterocycles. The third-order valence-electron chi connectivity index (χ3n) is 3.18. The van der Waals surface area contributed by atoms with Crippen molar-refractivity contribution >= 4 is 30.7 Å². The highest BCUT2D eigenvalue weighted by Gasteiger charge is 2.26. The number of piperidine rings is 1. The molecule has 1 aromatic rings. The highest BCUT2D eigenvalue weighted by Crippen LogP contribution is 2.24. The van der Waals surface area contributed by atoms with Crippen LogP contribution in [0.15, 0.2) is 12.4 Å². The fourth-order valence-electron chi connectivity index (χ4n) is 2.33. The Morgan fingerprint density at radius 3 is 2.95 bits per heavy atom. The van der Waals surface area contributed by atoms with Crippen LogP contribution in [0.2, 0.25) is 0 Å². The molecule has 0 aliphatic carbocycles. The molecule has 1 amide bonds. The number of aromatic amines is 1. The number of nitrogens with zero attached hydrogens (tertiary/aromatic N) is 2. The molecule has 2 rings (SSSR count). The summed E-state index contributed by atoms with van der Waals surface area (Å²) in [6.45, 7) is 3.48. The third-order valence-corrected chi connectivity index (χ3v) is 3.18. The van der Waals surface area contributed by atoms with Crippen LogP contribution in [0.4, 0.5) is 0 Å². The summed E-state index contributed by atoms with van der Waals surface area (Å²) in [6, 6.07) is -0.0634. The van der Waals surface area contributed by atoms with Crippen molar-refractivity contribution in [1.29, 1.82) is 0 Å². The Morgan fingerprint density at radius 2 is 2.37 bits per heavy atom. The molecule has 2 atom stereocenters. The topological polar surface area (TPSA) is 75.0 Å². The average molecular weight is 309 g/mol. The molecule has 0 radical (unpaired) electrons. The SMILES string of the molecule is CC(N)CC(=O)N1CCCC(c2ncc[nH]2)C1.Cl.Cl. The van der Waals surface area contributed by atoms with Crippen molar-refractivity contribution in [2.45, 2.75) is 38.1 Å². The van der Waals surface area contributed by atoms with Crippen molar-refractivity contribution in [3.8, 4) is 0 Å². The molecule has 1 fully saturated rings. The zero-order chi connectivity index (χ0) is 12.3. The minimum absolute atomic E-state index is 0. The Labute approximate surface area is 126 Å². The minimum Gasteiger partial charge on any atom is -0.348 e. The van der Waals surface area contributed by atoms with E-state index in [9.17, 15) is 4.79 Å². The first-order chi connectivity index (χ1) is 8.16. The number of rotatable bonds is 3. The maximum Gasteiger partial charge on any atom is 0.224 e. The molecule has 0 saturated carbocycles. The van der Waals surface area contributed by atoms with Gasteiger partial charge in [0, 0.05) is 43.9 Å². The Bertz CT molecular complexity index is 370. The number of carbonyl (C=O) groups is 1. The molecule has 5 nitrogen and oxygen atoms in total. The molecule has 1 saturated heterocycles. The van der Waals surface area contributed by atoms with Gasteiger partial charge in [0.25, 0.3) is 0 Å². The summed E-state index contributed by atoms with van der Waals surface area (Å²) in [5.74, 6) is 1.50. The summed E-state index contributed by atoms with van der Waals surface area (Å²) < 4.78 is 0. The van der Waals surface area contributed by atoms with Crippen LogP contribution >= 0.6 is 24.8 Å². The minimum atomic E-state index is -0.0634. The quantitative estimate of drug-likeness (QED) is 0.892. The number of nitrogens with two attached hydrogens (primary N) is 1. The number of halogens is 2. The lowest BCUT2D eigenvalue weighted by atomic mass is 9.97. The zero-order valence-electron chi connectivity index (χ0n) is 11.0. The van der Waals surface area contributed by atoms with Crippen LogP contribution in [0, 0.1) is 0 Å². The summed E-state index contributed by atoms with van der Waals surface area (Å²) in [5.41, 5.74) is 5.66. The molecule has 3 N–H and O–H groups in total. The molecule has 0 bridgehead atoms. The average Bonchev–Trinajstić information content (AvgIpc) is 2.82. The fraction of sp³-hybridized carbons (Fsp3) is 0.667. The van der Waals surface area contributed by atoms with Crippen molar-refractivity contribution in [2.24, 2.45) is 5.73 Å². The van der Waals surface area contributed by atoms with Crippen LogP contribution in [-0.4, -0.2) is 39.9 Å². The highest BCUT2D eigenvalue weighted by atomic mass is 35.5. The predicted octanol–water partition coefficient (Wildman–Crippen LogP) is 1.70. The summed E-state index contributed by atoms with van der Waals surface area (Å²) in [4.78, 5) is 21.3. The molecule has 0 aromatic carbocycles. The second-order valence-corrected chi connectivity index (χ2v) is 4.83. The van der Waals surface area contributed by atoms with E-state index in [4.69, 9.17) is 5.73 Å². The van der Waals surface area contributed by atoms with Crippen LogP contribution < -0.4 is 5.73 Å². The predicted molar refractivity (Wildman–Crippen MR) is 79.9 cm³/mol. The van der Waals surface area contributed by atoms with Crippen LogP contribution in [-0.2, 0) is 4.79 Å². The molecule has 1 aliphatic heterocycles. The van der Waals surface area contributed by atoms with E-state index in [0.717, 1.165) is 31.8 Å². The lowest BCUT2D eigenvalue weighted by Gasteiger charge is -2.32. The first-order valence-corrected chi connectivity index (χ1v) is 6.19. The van der Waals surface area contributed by atoms with Crippen LogP contribution in [0.1, 0.15) is 37.9 Å². The second-order valence-electron chi connectivity index (χ2n) is 4.83. The number of nitrogens with one attached hydrogen (secondary N) is 1. The smallest absolute Gasteiger partial charge is 0.224 e. The number of aromatic nitrogens is 2. The molecular formula is C12H22Cl2N4O. The molecule has 2 unspecified atom stereocenters. The number of carbonyl (C=O) groups excluding carboxylic acids is 1. The van der Waals surface area contributed by atoms with Gasteiger partial charge in [-0.15, -0.1) is 24.8 Å². The normalized spacial score (nSPS) is 20.1. The van der Waals surface area contributed by atoms with Crippen molar-refractivity contribution in [3.63, 3.8) is 0 Å². The Kier molecular flexibility index (Phi) is 8.06. The molecule has 110 valence electrons. The maximum atomic E-state index is 11.9. The monoisotopic (exact) mass is 308 g/mol. The molecule has 7 heteroatoms. The number of hydrogen-bond donors (Lipinski definition) is 2. The van der Waals surface area contributed by atoms with E-state index in [2.05, 4.69) is 9.97 Å². The summed E-state index contributed by atoms with van der Waals surface area (Å²) >= 11 is 0. The van der Waals surface area contributed by atoms with Crippen LogP contribution in [0.25, 0.3) is 0 Å². The number of amides is 1. The Morgan fingerprint density at radius 1 is 1.63 bits per heavy atom. The maximum absolute atomic E-state index is 11.9. The van der Waals surface area contributed by atoms with Gasteiger partial charge in [0.2, 0.25) is 5.91 Å².